The van der Waals surface area contributed by atoms with E-state index in [0.717, 1.165) is 32.2 Å². The van der Waals surface area contributed by atoms with Crippen LogP contribution in [0.25, 0.3) is 0 Å². The van der Waals surface area contributed by atoms with Gasteiger partial charge in [0.25, 0.3) is 0 Å². The van der Waals surface area contributed by atoms with Crippen LogP contribution in [0.2, 0.25) is 0 Å². The molecule has 1 saturated carbocycles. The number of aliphatic hydroxyl groups is 1. The van der Waals surface area contributed by atoms with E-state index < -0.39 is 0 Å². The summed E-state index contributed by atoms with van der Waals surface area (Å²) < 4.78 is 5.50. The average Bonchev–Trinajstić information content (AvgIpc) is 3.10. The number of aliphatic hydroxyl groups excluding tert-OH is 1. The summed E-state index contributed by atoms with van der Waals surface area (Å²) in [5.41, 5.74) is 0. The first-order chi connectivity index (χ1) is 8.83. The Bertz CT molecular complexity index is 364. The number of nitrogens with zero attached hydrogens (tertiary/aromatic N) is 1. The summed E-state index contributed by atoms with van der Waals surface area (Å²) in [7, 11) is 0. The standard InChI is InChI=1S/C14H21NO2S/c16-14-5-6-17-10-11(14)8-15(12-3-4-12)9-13-2-1-7-18-13/h1-2,7,11-12,14,16H,3-6,8-10H2. The first-order valence-corrected chi connectivity index (χ1v) is 7.73. The number of rotatable bonds is 5. The minimum Gasteiger partial charge on any atom is -0.393 e. The number of thiophene rings is 1. The van der Waals surface area contributed by atoms with E-state index in [9.17, 15) is 5.11 Å². The van der Waals surface area contributed by atoms with E-state index in [2.05, 4.69) is 22.4 Å². The van der Waals surface area contributed by atoms with Crippen molar-refractivity contribution in [1.29, 1.82) is 0 Å². The summed E-state index contributed by atoms with van der Waals surface area (Å²) in [6.07, 6.45) is 3.25. The van der Waals surface area contributed by atoms with E-state index in [4.69, 9.17) is 4.74 Å². The number of hydrogen-bond acceptors (Lipinski definition) is 4. The summed E-state index contributed by atoms with van der Waals surface area (Å²) >= 11 is 1.82. The molecule has 100 valence electrons. The minimum atomic E-state index is -0.177. The van der Waals surface area contributed by atoms with E-state index in [1.54, 1.807) is 0 Å². The van der Waals surface area contributed by atoms with Gasteiger partial charge in [0.2, 0.25) is 0 Å². The van der Waals surface area contributed by atoms with Gasteiger partial charge in [0.05, 0.1) is 12.7 Å². The normalized spacial score (nSPS) is 28.8. The van der Waals surface area contributed by atoms with Crippen LogP contribution in [-0.4, -0.2) is 41.9 Å². The van der Waals surface area contributed by atoms with E-state index in [-0.39, 0.29) is 6.10 Å². The molecular formula is C14H21NO2S. The Morgan fingerprint density at radius 1 is 1.39 bits per heavy atom. The molecule has 0 bridgehead atoms. The quantitative estimate of drug-likeness (QED) is 0.887. The van der Waals surface area contributed by atoms with Gasteiger partial charge in [0.15, 0.2) is 0 Å². The molecule has 2 unspecified atom stereocenters. The Balaban J connectivity index is 1.59. The molecule has 2 fully saturated rings. The fraction of sp³-hybridized carbons (Fsp3) is 0.714. The molecule has 1 saturated heterocycles. The lowest BCUT2D eigenvalue weighted by Gasteiger charge is -2.32. The summed E-state index contributed by atoms with van der Waals surface area (Å²) in [5, 5.41) is 12.2. The molecule has 1 aromatic rings. The summed E-state index contributed by atoms with van der Waals surface area (Å²) in [5.74, 6) is 0.291. The molecule has 2 atom stereocenters. The molecule has 3 nitrogen and oxygen atoms in total. The zero-order valence-electron chi connectivity index (χ0n) is 10.6. The second-order valence-corrected chi connectivity index (χ2v) is 6.46. The second-order valence-electron chi connectivity index (χ2n) is 5.43. The molecule has 18 heavy (non-hydrogen) atoms. The molecule has 1 aromatic heterocycles. The van der Waals surface area contributed by atoms with E-state index in [1.165, 1.54) is 17.7 Å². The summed E-state index contributed by atoms with van der Waals surface area (Å²) in [6.45, 7) is 3.44. The third-order valence-electron chi connectivity index (χ3n) is 3.91. The highest BCUT2D eigenvalue weighted by Crippen LogP contribution is 2.31. The Kier molecular flexibility index (Phi) is 3.99. The average molecular weight is 267 g/mol. The van der Waals surface area contributed by atoms with Gasteiger partial charge in [-0.15, -0.1) is 11.3 Å². The van der Waals surface area contributed by atoms with Crippen molar-refractivity contribution < 1.29 is 9.84 Å². The first kappa shape index (κ1) is 12.6. The van der Waals surface area contributed by atoms with E-state index in [0.29, 0.717) is 12.5 Å². The van der Waals surface area contributed by atoms with Gasteiger partial charge in [-0.05, 0) is 30.7 Å². The molecule has 0 spiro atoms. The number of hydrogen-bond donors (Lipinski definition) is 1. The summed E-state index contributed by atoms with van der Waals surface area (Å²) in [4.78, 5) is 3.96. The van der Waals surface area contributed by atoms with E-state index in [1.807, 2.05) is 11.3 Å². The predicted molar refractivity (Wildman–Crippen MR) is 72.7 cm³/mol. The molecule has 1 aliphatic carbocycles. The van der Waals surface area contributed by atoms with Crippen molar-refractivity contribution in [2.24, 2.45) is 5.92 Å². The highest BCUT2D eigenvalue weighted by atomic mass is 32.1. The van der Waals surface area contributed by atoms with Gasteiger partial charge in [0, 0.05) is 36.5 Å². The Labute approximate surface area is 112 Å². The van der Waals surface area contributed by atoms with Gasteiger partial charge < -0.3 is 9.84 Å². The smallest absolute Gasteiger partial charge is 0.0624 e. The van der Waals surface area contributed by atoms with Crippen molar-refractivity contribution in [3.63, 3.8) is 0 Å². The van der Waals surface area contributed by atoms with Crippen LogP contribution < -0.4 is 0 Å². The van der Waals surface area contributed by atoms with Gasteiger partial charge in [-0.3, -0.25) is 4.90 Å². The predicted octanol–water partition coefficient (Wildman–Crippen LogP) is 2.11. The molecule has 2 aliphatic rings. The molecule has 1 N–H and O–H groups in total. The zero-order chi connectivity index (χ0) is 12.4. The zero-order valence-corrected chi connectivity index (χ0v) is 11.4. The van der Waals surface area contributed by atoms with Gasteiger partial charge in [0.1, 0.15) is 0 Å². The maximum atomic E-state index is 10.0. The molecule has 0 aromatic carbocycles. The van der Waals surface area contributed by atoms with Gasteiger partial charge in [-0.1, -0.05) is 6.07 Å². The van der Waals surface area contributed by atoms with Crippen LogP contribution in [0, 0.1) is 5.92 Å². The van der Waals surface area contributed by atoms with Crippen LogP contribution in [0.15, 0.2) is 17.5 Å². The van der Waals surface area contributed by atoms with Crippen molar-refractivity contribution in [1.82, 2.24) is 4.90 Å². The highest BCUT2D eigenvalue weighted by Gasteiger charge is 2.33. The Morgan fingerprint density at radius 3 is 2.94 bits per heavy atom. The SMILES string of the molecule is OC1CCOCC1CN(Cc1cccs1)C1CC1. The highest BCUT2D eigenvalue weighted by molar-refractivity contribution is 7.09. The van der Waals surface area contributed by atoms with E-state index >= 15 is 0 Å². The van der Waals surface area contributed by atoms with Gasteiger partial charge in [-0.25, -0.2) is 0 Å². The topological polar surface area (TPSA) is 32.7 Å². The van der Waals surface area contributed by atoms with Crippen molar-refractivity contribution in [3.05, 3.63) is 22.4 Å². The van der Waals surface area contributed by atoms with Crippen molar-refractivity contribution in [2.45, 2.75) is 38.0 Å². The molecule has 0 radical (unpaired) electrons. The largest absolute Gasteiger partial charge is 0.393 e. The molecular weight excluding hydrogens is 246 g/mol. The monoisotopic (exact) mass is 267 g/mol. The lowest BCUT2D eigenvalue weighted by molar-refractivity contribution is -0.0481. The van der Waals surface area contributed by atoms with Crippen molar-refractivity contribution >= 4 is 11.3 Å². The van der Waals surface area contributed by atoms with Gasteiger partial charge >= 0.3 is 0 Å². The first-order valence-electron chi connectivity index (χ1n) is 6.85. The van der Waals surface area contributed by atoms with Crippen molar-refractivity contribution in [2.75, 3.05) is 19.8 Å². The lowest BCUT2D eigenvalue weighted by Crippen LogP contribution is -2.41. The number of ether oxygens (including phenoxy) is 1. The summed E-state index contributed by atoms with van der Waals surface area (Å²) in [6, 6.07) is 5.05. The molecule has 4 heteroatoms. The molecule has 3 rings (SSSR count). The fourth-order valence-corrected chi connectivity index (χ4v) is 3.38. The fourth-order valence-electron chi connectivity index (χ4n) is 2.65. The maximum absolute atomic E-state index is 10.0. The third-order valence-corrected chi connectivity index (χ3v) is 4.77. The second kappa shape index (κ2) is 5.70. The van der Waals surface area contributed by atoms with Crippen LogP contribution in [-0.2, 0) is 11.3 Å². The van der Waals surface area contributed by atoms with Crippen LogP contribution >= 0.6 is 11.3 Å². The Morgan fingerprint density at radius 2 is 2.28 bits per heavy atom. The minimum absolute atomic E-state index is 0.177. The van der Waals surface area contributed by atoms with Crippen molar-refractivity contribution in [3.8, 4) is 0 Å². The van der Waals surface area contributed by atoms with Crippen LogP contribution in [0.1, 0.15) is 24.1 Å². The molecule has 1 aliphatic heterocycles. The molecule has 0 amide bonds. The lowest BCUT2D eigenvalue weighted by atomic mass is 9.98. The van der Waals surface area contributed by atoms with Crippen LogP contribution in [0.3, 0.4) is 0 Å². The molecule has 2 heterocycles. The van der Waals surface area contributed by atoms with Crippen LogP contribution in [0.4, 0.5) is 0 Å². The Hall–Kier alpha value is -0.420. The maximum Gasteiger partial charge on any atom is 0.0624 e. The van der Waals surface area contributed by atoms with Crippen LogP contribution in [0.5, 0.6) is 0 Å². The van der Waals surface area contributed by atoms with Gasteiger partial charge in [-0.2, -0.15) is 0 Å². The third kappa shape index (κ3) is 3.12.